The molecule has 0 saturated heterocycles. The van der Waals surface area contributed by atoms with E-state index in [0.29, 0.717) is 24.9 Å². The molecular weight excluding hydrogens is 256 g/mol. The van der Waals surface area contributed by atoms with Crippen LogP contribution in [0.1, 0.15) is 53.4 Å². The second-order valence-electron chi connectivity index (χ2n) is 6.11. The molecule has 0 aromatic carbocycles. The molecule has 0 aromatic heterocycles. The van der Waals surface area contributed by atoms with Gasteiger partial charge in [-0.15, -0.1) is 0 Å². The minimum Gasteiger partial charge on any atom is -0.481 e. The summed E-state index contributed by atoms with van der Waals surface area (Å²) in [5, 5.41) is 15.0. The number of carboxylic acid groups (broad SMARTS) is 1. The number of hydrogen-bond acceptors (Lipinski definition) is 3. The summed E-state index contributed by atoms with van der Waals surface area (Å²) in [6.45, 7) is 9.56. The van der Waals surface area contributed by atoms with Gasteiger partial charge in [-0.05, 0) is 31.2 Å². The van der Waals surface area contributed by atoms with Crippen molar-refractivity contribution in [2.75, 3.05) is 13.1 Å². The Bertz CT molecular complexity index is 291. The molecule has 1 amide bonds. The molecule has 0 aromatic rings. The van der Waals surface area contributed by atoms with Crippen LogP contribution in [0.2, 0.25) is 0 Å². The molecule has 1 unspecified atom stereocenters. The maximum atomic E-state index is 11.7. The zero-order chi connectivity index (χ0) is 15.5. The number of carboxylic acids is 1. The summed E-state index contributed by atoms with van der Waals surface area (Å²) < 4.78 is 0. The third-order valence-electron chi connectivity index (χ3n) is 2.99. The van der Waals surface area contributed by atoms with Crippen molar-refractivity contribution >= 4 is 11.9 Å². The topological polar surface area (TPSA) is 78.4 Å². The summed E-state index contributed by atoms with van der Waals surface area (Å²) in [4.78, 5) is 22.5. The number of amides is 1. The van der Waals surface area contributed by atoms with Gasteiger partial charge < -0.3 is 15.7 Å². The Balaban J connectivity index is 3.89. The first-order chi connectivity index (χ1) is 9.31. The maximum Gasteiger partial charge on any atom is 0.303 e. The summed E-state index contributed by atoms with van der Waals surface area (Å²) in [5.74, 6) is -0.336. The number of carbonyl (C=O) groups excluding carboxylic acids is 1. The van der Waals surface area contributed by atoms with Crippen LogP contribution in [0, 0.1) is 11.8 Å². The molecule has 0 saturated carbocycles. The molecule has 0 fully saturated rings. The van der Waals surface area contributed by atoms with E-state index in [0.717, 1.165) is 19.4 Å². The van der Waals surface area contributed by atoms with Crippen LogP contribution in [0.3, 0.4) is 0 Å². The van der Waals surface area contributed by atoms with E-state index >= 15 is 0 Å². The largest absolute Gasteiger partial charge is 0.481 e. The van der Waals surface area contributed by atoms with Crippen LogP contribution in [0.25, 0.3) is 0 Å². The maximum absolute atomic E-state index is 11.7. The van der Waals surface area contributed by atoms with E-state index in [2.05, 4.69) is 38.3 Å². The van der Waals surface area contributed by atoms with Gasteiger partial charge in [0.1, 0.15) is 0 Å². The second-order valence-corrected chi connectivity index (χ2v) is 6.11. The lowest BCUT2D eigenvalue weighted by atomic mass is 9.94. The summed E-state index contributed by atoms with van der Waals surface area (Å²) in [6.07, 6.45) is 2.23. The third-order valence-corrected chi connectivity index (χ3v) is 2.99. The van der Waals surface area contributed by atoms with Gasteiger partial charge in [0.2, 0.25) is 5.91 Å². The molecule has 118 valence electrons. The molecule has 1 atom stereocenters. The summed E-state index contributed by atoms with van der Waals surface area (Å²) in [6, 6.07) is 0.434. The van der Waals surface area contributed by atoms with E-state index in [1.165, 1.54) is 0 Å². The molecule has 0 rings (SSSR count). The molecule has 20 heavy (non-hydrogen) atoms. The molecule has 0 radical (unpaired) electrons. The first kappa shape index (κ1) is 18.9. The Morgan fingerprint density at radius 3 is 2.30 bits per heavy atom. The number of nitrogens with one attached hydrogen (secondary N) is 2. The van der Waals surface area contributed by atoms with Crippen molar-refractivity contribution in [3.05, 3.63) is 0 Å². The highest BCUT2D eigenvalue weighted by atomic mass is 16.4. The Kier molecular flexibility index (Phi) is 10.1. The highest BCUT2D eigenvalue weighted by Crippen LogP contribution is 2.14. The fourth-order valence-electron chi connectivity index (χ4n) is 2.14. The van der Waals surface area contributed by atoms with Crippen molar-refractivity contribution in [1.82, 2.24) is 10.6 Å². The zero-order valence-corrected chi connectivity index (χ0v) is 13.2. The van der Waals surface area contributed by atoms with Gasteiger partial charge in [0.15, 0.2) is 0 Å². The molecule has 0 aliphatic heterocycles. The van der Waals surface area contributed by atoms with E-state index in [1.807, 2.05) is 0 Å². The highest BCUT2D eigenvalue weighted by Gasteiger charge is 2.15. The smallest absolute Gasteiger partial charge is 0.303 e. The van der Waals surface area contributed by atoms with Crippen molar-refractivity contribution < 1.29 is 14.7 Å². The van der Waals surface area contributed by atoms with Crippen LogP contribution in [0.5, 0.6) is 0 Å². The van der Waals surface area contributed by atoms with E-state index in [9.17, 15) is 9.59 Å². The molecule has 0 aliphatic rings. The van der Waals surface area contributed by atoms with Crippen LogP contribution in [-0.4, -0.2) is 36.1 Å². The van der Waals surface area contributed by atoms with E-state index in [4.69, 9.17) is 5.11 Å². The molecule has 0 heterocycles. The molecule has 0 bridgehead atoms. The van der Waals surface area contributed by atoms with Crippen molar-refractivity contribution in [1.29, 1.82) is 0 Å². The summed E-state index contributed by atoms with van der Waals surface area (Å²) >= 11 is 0. The SMILES string of the molecule is CC(C)CC(CNC(=O)CCCNC(C)C)CC(=O)O. The molecule has 5 heteroatoms. The van der Waals surface area contributed by atoms with Crippen molar-refractivity contribution in [2.45, 2.75) is 59.4 Å². The number of rotatable bonds is 11. The number of hydrogen-bond donors (Lipinski definition) is 3. The first-order valence-electron chi connectivity index (χ1n) is 7.53. The standard InChI is InChI=1S/C15H30N2O3/c1-11(2)8-13(9-15(19)20)10-17-14(18)6-5-7-16-12(3)4/h11-13,16H,5-10H2,1-4H3,(H,17,18)(H,19,20). The van der Waals surface area contributed by atoms with Gasteiger partial charge in [-0.25, -0.2) is 0 Å². The van der Waals surface area contributed by atoms with E-state index in [1.54, 1.807) is 0 Å². The molecule has 0 aliphatic carbocycles. The average Bonchev–Trinajstić information content (AvgIpc) is 2.30. The van der Waals surface area contributed by atoms with Gasteiger partial charge in [0.05, 0.1) is 0 Å². The molecule has 0 spiro atoms. The van der Waals surface area contributed by atoms with Crippen LogP contribution in [0.4, 0.5) is 0 Å². The highest BCUT2D eigenvalue weighted by molar-refractivity contribution is 5.76. The van der Waals surface area contributed by atoms with E-state index in [-0.39, 0.29) is 18.2 Å². The van der Waals surface area contributed by atoms with Crippen molar-refractivity contribution in [3.8, 4) is 0 Å². The lowest BCUT2D eigenvalue weighted by Gasteiger charge is -2.17. The van der Waals surface area contributed by atoms with Crippen molar-refractivity contribution in [2.24, 2.45) is 11.8 Å². The fraction of sp³-hybridized carbons (Fsp3) is 0.867. The zero-order valence-electron chi connectivity index (χ0n) is 13.2. The van der Waals surface area contributed by atoms with Gasteiger partial charge in [-0.2, -0.15) is 0 Å². The Labute approximate surface area is 122 Å². The van der Waals surface area contributed by atoms with Gasteiger partial charge in [-0.3, -0.25) is 9.59 Å². The lowest BCUT2D eigenvalue weighted by molar-refractivity contribution is -0.138. The molecule has 3 N–H and O–H groups in total. The van der Waals surface area contributed by atoms with Crippen LogP contribution >= 0.6 is 0 Å². The predicted octanol–water partition coefficient (Wildman–Crippen LogP) is 2.02. The minimum absolute atomic E-state index is 0.00898. The number of aliphatic carboxylic acids is 1. The molecular formula is C15H30N2O3. The Hall–Kier alpha value is -1.10. The van der Waals surface area contributed by atoms with Crippen molar-refractivity contribution in [3.63, 3.8) is 0 Å². The monoisotopic (exact) mass is 286 g/mol. The van der Waals surface area contributed by atoms with Gasteiger partial charge in [0.25, 0.3) is 0 Å². The van der Waals surface area contributed by atoms with E-state index < -0.39 is 5.97 Å². The Morgan fingerprint density at radius 2 is 1.80 bits per heavy atom. The quantitative estimate of drug-likeness (QED) is 0.508. The Morgan fingerprint density at radius 1 is 1.15 bits per heavy atom. The number of carbonyl (C=O) groups is 2. The van der Waals surface area contributed by atoms with Crippen LogP contribution < -0.4 is 10.6 Å². The normalized spacial score (nSPS) is 12.7. The van der Waals surface area contributed by atoms with Gasteiger partial charge in [0, 0.05) is 25.4 Å². The first-order valence-corrected chi connectivity index (χ1v) is 7.53. The summed E-state index contributed by atoms with van der Waals surface area (Å²) in [7, 11) is 0. The van der Waals surface area contributed by atoms with Crippen LogP contribution in [0.15, 0.2) is 0 Å². The third kappa shape index (κ3) is 12.0. The predicted molar refractivity (Wildman–Crippen MR) is 80.6 cm³/mol. The average molecular weight is 286 g/mol. The van der Waals surface area contributed by atoms with Gasteiger partial charge in [-0.1, -0.05) is 27.7 Å². The fourth-order valence-corrected chi connectivity index (χ4v) is 2.14. The second kappa shape index (κ2) is 10.7. The summed E-state index contributed by atoms with van der Waals surface area (Å²) in [5.41, 5.74) is 0. The van der Waals surface area contributed by atoms with Crippen LogP contribution in [-0.2, 0) is 9.59 Å². The molecule has 5 nitrogen and oxygen atoms in total. The lowest BCUT2D eigenvalue weighted by Crippen LogP contribution is -2.32. The van der Waals surface area contributed by atoms with Gasteiger partial charge >= 0.3 is 5.97 Å². The minimum atomic E-state index is -0.800.